The zero-order chi connectivity index (χ0) is 2.71. The summed E-state index contributed by atoms with van der Waals surface area (Å²) >= 11 is 0. The van der Waals surface area contributed by atoms with E-state index in [4.69, 9.17) is 0 Å². The molecule has 2 N–H and O–H groups in total. The molecule has 0 spiro atoms. The van der Waals surface area contributed by atoms with E-state index < -0.39 is 0 Å². The summed E-state index contributed by atoms with van der Waals surface area (Å²) in [6.07, 6.45) is 4.38. The number of rotatable bonds is 0. The van der Waals surface area contributed by atoms with E-state index in [0.717, 1.165) is 0 Å². The average Bonchev–Trinajstić information content (AvgIpc) is 0.918. The molecule has 0 aromatic heterocycles. The Hall–Kier alpha value is -0.0426. The molecule has 0 rings (SSSR count). The van der Waals surface area contributed by atoms with Crippen molar-refractivity contribution in [1.29, 1.82) is 0 Å². The van der Waals surface area contributed by atoms with E-state index in [0.29, 0.717) is 0 Å². The Morgan fingerprint density at radius 3 is 2.00 bits per heavy atom. The van der Waals surface area contributed by atoms with Crippen LogP contribution in [0.2, 0.25) is 0 Å². The maximum Gasteiger partial charge on any atom is 1.00 e. The predicted octanol–water partition coefficient (Wildman–Crippen LogP) is -3.35. The van der Waals surface area contributed by atoms with Crippen LogP contribution in [0.4, 0.5) is 0 Å². The summed E-state index contributed by atoms with van der Waals surface area (Å²) in [5.74, 6) is 0. The maximum atomic E-state index is 4.38. The van der Waals surface area contributed by atoms with Gasteiger partial charge in [-0.15, -0.1) is 0 Å². The molecule has 0 unspecified atom stereocenters. The summed E-state index contributed by atoms with van der Waals surface area (Å²) in [5, 5.41) is 0. The van der Waals surface area contributed by atoms with Gasteiger partial charge in [0.1, 0.15) is 0 Å². The topological polar surface area (TPSA) is 26.0 Å². The molecule has 0 fully saturated rings. The minimum absolute atomic E-state index is 0. The molecule has 0 aliphatic carbocycles. The Balaban J connectivity index is -0.0000000200. The van der Waals surface area contributed by atoms with Crippen LogP contribution in [0.5, 0.6) is 0 Å². The fourth-order valence-corrected chi connectivity index (χ4v) is 0. The van der Waals surface area contributed by atoms with Crippen LogP contribution in [0, 0.1) is 12.5 Å². The van der Waals surface area contributed by atoms with Crippen molar-refractivity contribution in [3.05, 3.63) is 0 Å². The van der Waals surface area contributed by atoms with E-state index in [1.165, 1.54) is 0 Å². The predicted molar refractivity (Wildman–Crippen MR) is 14.1 cm³/mol. The zero-order valence-electron chi connectivity index (χ0n) is 3.65. The van der Waals surface area contributed by atoms with Gasteiger partial charge in [0.15, 0.2) is 0 Å². The first kappa shape index (κ1) is 9.03. The van der Waals surface area contributed by atoms with E-state index >= 15 is 0 Å². The molecule has 4 heavy (non-hydrogen) atoms. The second kappa shape index (κ2) is 12.4. The molecule has 0 aliphatic heterocycles. The summed E-state index contributed by atoms with van der Waals surface area (Å²) in [4.78, 5) is 0. The van der Waals surface area contributed by atoms with Gasteiger partial charge in [0.05, 0.1) is 0 Å². The molecule has 1 nitrogen and oxygen atoms in total. The minimum Gasteiger partial charge on any atom is -1.00 e. The molecule has 0 radical (unpaired) electrons. The Labute approximate surface area is 39.2 Å². The van der Waals surface area contributed by atoms with Gasteiger partial charge in [-0.25, -0.2) is 0 Å². The monoisotopic (exact) mass is 49.1 g/mol. The summed E-state index contributed by atoms with van der Waals surface area (Å²) in [7, 11) is 0. The van der Waals surface area contributed by atoms with E-state index in [9.17, 15) is 0 Å². The zero-order valence-corrected chi connectivity index (χ0v) is 2.65. The Morgan fingerprint density at radius 1 is 2.00 bits per heavy atom. The molecule has 0 saturated carbocycles. The molecule has 0 saturated heterocycles. The molecular weight excluding hydrogens is 45.0 g/mol. The van der Waals surface area contributed by atoms with Crippen molar-refractivity contribution < 1.29 is 20.3 Å². The van der Waals surface area contributed by atoms with Gasteiger partial charge in [0, 0.05) is 0 Å². The molecule has 0 aliphatic rings. The molecule has 0 bridgehead atoms. The third kappa shape index (κ3) is 989. The SMILES string of the molecule is C#CN.[H-].[Li+]. The van der Waals surface area contributed by atoms with E-state index in [1.807, 2.05) is 0 Å². The van der Waals surface area contributed by atoms with Crippen molar-refractivity contribution in [2.75, 3.05) is 0 Å². The van der Waals surface area contributed by atoms with Gasteiger partial charge in [-0.2, -0.15) is 0 Å². The molecule has 0 aromatic rings. The normalized spacial score (nSPS) is 1.75. The Bertz CT molecular complexity index is 31.1. The number of hydrogen-bond donors (Lipinski definition) is 1. The average molecular weight is 49.0 g/mol. The maximum absolute atomic E-state index is 4.38. The third-order valence-electron chi connectivity index (χ3n) is 0. The van der Waals surface area contributed by atoms with Crippen molar-refractivity contribution in [1.82, 2.24) is 0 Å². The first-order valence-electron chi connectivity index (χ1n) is 0.577. The van der Waals surface area contributed by atoms with E-state index in [-0.39, 0.29) is 20.3 Å². The first-order chi connectivity index (χ1) is 1.41. The minimum atomic E-state index is 0. The molecule has 0 aromatic carbocycles. The van der Waals surface area contributed by atoms with E-state index in [2.05, 4.69) is 12.2 Å². The van der Waals surface area contributed by atoms with Gasteiger partial charge < -0.3 is 7.16 Å². The third-order valence-corrected chi connectivity index (χ3v) is 0. The van der Waals surface area contributed by atoms with Gasteiger partial charge in [0.25, 0.3) is 0 Å². The summed E-state index contributed by atoms with van der Waals surface area (Å²) in [6, 6.07) is 1.75. The van der Waals surface area contributed by atoms with Gasteiger partial charge in [-0.1, -0.05) is 6.42 Å². The largest absolute Gasteiger partial charge is 1.00 e. The van der Waals surface area contributed by atoms with Crippen LogP contribution in [0.3, 0.4) is 0 Å². The van der Waals surface area contributed by atoms with Crippen molar-refractivity contribution >= 4 is 0 Å². The number of nitrogens with two attached hydrogens (primary N) is 1. The van der Waals surface area contributed by atoms with Crippen LogP contribution in [-0.4, -0.2) is 0 Å². The Kier molecular flexibility index (Phi) is 27.9. The van der Waals surface area contributed by atoms with Crippen LogP contribution >= 0.6 is 0 Å². The quantitative estimate of drug-likeness (QED) is 0.173. The second-order valence-electron chi connectivity index (χ2n) is 0.167. The first-order valence-corrected chi connectivity index (χ1v) is 0.577. The van der Waals surface area contributed by atoms with Crippen molar-refractivity contribution in [2.45, 2.75) is 0 Å². The van der Waals surface area contributed by atoms with Crippen molar-refractivity contribution in [3.8, 4) is 12.5 Å². The summed E-state index contributed by atoms with van der Waals surface area (Å²) in [6.45, 7) is 0. The summed E-state index contributed by atoms with van der Waals surface area (Å²) < 4.78 is 0. The fraction of sp³-hybridized carbons (Fsp3) is 0. The van der Waals surface area contributed by atoms with Crippen LogP contribution in [-0.2, 0) is 0 Å². The van der Waals surface area contributed by atoms with Crippen LogP contribution in [0.1, 0.15) is 1.43 Å². The smallest absolute Gasteiger partial charge is 1.00 e. The van der Waals surface area contributed by atoms with Gasteiger partial charge in [0.2, 0.25) is 0 Å². The summed E-state index contributed by atoms with van der Waals surface area (Å²) in [5.41, 5.74) is 4.38. The van der Waals surface area contributed by atoms with Gasteiger partial charge >= 0.3 is 18.9 Å². The molecule has 0 heterocycles. The molecule has 0 atom stereocenters. The molecule has 2 heteroatoms. The van der Waals surface area contributed by atoms with Crippen molar-refractivity contribution in [2.24, 2.45) is 5.73 Å². The Morgan fingerprint density at radius 2 is 2.00 bits per heavy atom. The molecule has 18 valence electrons. The second-order valence-corrected chi connectivity index (χ2v) is 0.167. The van der Waals surface area contributed by atoms with Gasteiger partial charge in [-0.3, -0.25) is 0 Å². The van der Waals surface area contributed by atoms with Crippen molar-refractivity contribution in [3.63, 3.8) is 0 Å². The number of terminal acetylenes is 1. The molecular formula is C2H4LiN. The van der Waals surface area contributed by atoms with Crippen LogP contribution < -0.4 is 24.6 Å². The van der Waals surface area contributed by atoms with Gasteiger partial charge in [-0.05, 0) is 6.04 Å². The molecule has 0 amide bonds. The standard InChI is InChI=1S/C2H3N.Li.H/c1-2-3;;/h1H,3H2;;/q;+1;-1. The van der Waals surface area contributed by atoms with E-state index in [1.54, 1.807) is 6.04 Å². The fourth-order valence-electron chi connectivity index (χ4n) is 0. The van der Waals surface area contributed by atoms with Crippen LogP contribution in [0.25, 0.3) is 0 Å². The van der Waals surface area contributed by atoms with Crippen LogP contribution in [0.15, 0.2) is 0 Å². The number of hydrogen-bond acceptors (Lipinski definition) is 1.